The predicted molar refractivity (Wildman–Crippen MR) is 151 cm³/mol. The molecule has 2 fully saturated rings. The fourth-order valence-corrected chi connectivity index (χ4v) is 5.58. The molecule has 0 spiro atoms. The van der Waals surface area contributed by atoms with Crippen LogP contribution in [0, 0.1) is 6.92 Å². The lowest BCUT2D eigenvalue weighted by atomic mass is 9.91. The number of likely N-dealkylation sites (tertiary alicyclic amines) is 2. The quantitative estimate of drug-likeness (QED) is 0.399. The van der Waals surface area contributed by atoms with E-state index in [9.17, 15) is 14.7 Å². The summed E-state index contributed by atoms with van der Waals surface area (Å²) in [7, 11) is 2.08. The van der Waals surface area contributed by atoms with Crippen molar-refractivity contribution in [2.75, 3.05) is 33.2 Å². The fraction of sp³-hybridized carbons (Fsp3) is 0.400. The Balaban J connectivity index is 1.09. The first-order valence-electron chi connectivity index (χ1n) is 13.8. The molecule has 6 rings (SSSR count). The second kappa shape index (κ2) is 10.5. The molecular weight excluding hydrogens is 508 g/mol. The first-order chi connectivity index (χ1) is 19.3. The van der Waals surface area contributed by atoms with E-state index in [1.165, 1.54) is 17.1 Å². The Bertz CT molecular complexity index is 1570. The van der Waals surface area contributed by atoms with Crippen LogP contribution in [0.15, 0.2) is 65.8 Å². The minimum atomic E-state index is -1.12. The SMILES string of the molecule is Cc1ccc(-n2ncc3c(=O)n(CC4(O)CCN(C(=O)c5ccc(OC6CCN(C)C6)cc5)CC4)cnc32)cc1. The van der Waals surface area contributed by atoms with Crippen LogP contribution in [0.2, 0.25) is 0 Å². The summed E-state index contributed by atoms with van der Waals surface area (Å²) in [6, 6.07) is 15.1. The van der Waals surface area contributed by atoms with E-state index in [4.69, 9.17) is 4.74 Å². The number of carbonyl (C=O) groups excluding carboxylic acids is 1. The Morgan fingerprint density at radius 3 is 2.48 bits per heavy atom. The smallest absolute Gasteiger partial charge is 0.264 e. The topological polar surface area (TPSA) is 106 Å². The zero-order valence-electron chi connectivity index (χ0n) is 22.9. The van der Waals surface area contributed by atoms with Crippen LogP contribution in [0.4, 0.5) is 0 Å². The van der Waals surface area contributed by atoms with Crippen molar-refractivity contribution in [3.63, 3.8) is 0 Å². The number of rotatable bonds is 6. The van der Waals surface area contributed by atoms with Crippen molar-refractivity contribution in [3.05, 3.63) is 82.5 Å². The van der Waals surface area contributed by atoms with Crippen molar-refractivity contribution >= 4 is 16.9 Å². The van der Waals surface area contributed by atoms with Gasteiger partial charge >= 0.3 is 0 Å². The number of hydrogen-bond acceptors (Lipinski definition) is 7. The summed E-state index contributed by atoms with van der Waals surface area (Å²) >= 11 is 0. The van der Waals surface area contributed by atoms with Crippen molar-refractivity contribution in [3.8, 4) is 11.4 Å². The second-order valence-corrected chi connectivity index (χ2v) is 11.1. The van der Waals surface area contributed by atoms with Gasteiger partial charge in [0.05, 0.1) is 24.0 Å². The molecule has 10 heteroatoms. The van der Waals surface area contributed by atoms with E-state index in [1.54, 1.807) is 21.7 Å². The van der Waals surface area contributed by atoms with Crippen molar-refractivity contribution in [2.24, 2.45) is 0 Å². The van der Waals surface area contributed by atoms with Gasteiger partial charge in [-0.2, -0.15) is 5.10 Å². The summed E-state index contributed by atoms with van der Waals surface area (Å²) in [4.78, 5) is 34.9. The average molecular weight is 543 g/mol. The normalized spacial score (nSPS) is 19.3. The van der Waals surface area contributed by atoms with Gasteiger partial charge in [0, 0.05) is 31.7 Å². The van der Waals surface area contributed by atoms with Gasteiger partial charge in [0.2, 0.25) is 0 Å². The molecule has 4 aromatic rings. The van der Waals surface area contributed by atoms with E-state index in [-0.39, 0.29) is 24.1 Å². The van der Waals surface area contributed by atoms with E-state index in [2.05, 4.69) is 22.0 Å². The van der Waals surface area contributed by atoms with Gasteiger partial charge in [-0.05, 0) is 69.6 Å². The highest BCUT2D eigenvalue weighted by molar-refractivity contribution is 5.94. The average Bonchev–Trinajstić information content (AvgIpc) is 3.57. The molecule has 208 valence electrons. The summed E-state index contributed by atoms with van der Waals surface area (Å²) in [6.07, 6.45) is 4.90. The molecule has 2 aliphatic rings. The number of aryl methyl sites for hydroxylation is 1. The minimum absolute atomic E-state index is 0.0713. The molecule has 2 saturated heterocycles. The molecule has 2 aromatic heterocycles. The van der Waals surface area contributed by atoms with Gasteiger partial charge in [-0.1, -0.05) is 17.7 Å². The van der Waals surface area contributed by atoms with Crippen LogP contribution >= 0.6 is 0 Å². The molecule has 1 N–H and O–H groups in total. The number of aromatic nitrogens is 4. The largest absolute Gasteiger partial charge is 0.489 e. The number of amides is 1. The molecular formula is C30H34N6O4. The number of piperidine rings is 1. The molecule has 10 nitrogen and oxygen atoms in total. The maximum absolute atomic E-state index is 13.2. The monoisotopic (exact) mass is 542 g/mol. The summed E-state index contributed by atoms with van der Waals surface area (Å²) in [5, 5.41) is 16.1. The third-order valence-corrected chi connectivity index (χ3v) is 8.03. The van der Waals surface area contributed by atoms with Crippen molar-refractivity contribution in [2.45, 2.75) is 44.4 Å². The molecule has 1 atom stereocenters. The summed E-state index contributed by atoms with van der Waals surface area (Å²) in [5.41, 5.74) is 1.66. The van der Waals surface area contributed by atoms with E-state index in [1.807, 2.05) is 43.3 Å². The van der Waals surface area contributed by atoms with Gasteiger partial charge in [0.1, 0.15) is 23.6 Å². The van der Waals surface area contributed by atoms with Crippen LogP contribution in [-0.4, -0.2) is 85.1 Å². The number of aliphatic hydroxyl groups is 1. The number of hydrogen-bond donors (Lipinski definition) is 1. The highest BCUT2D eigenvalue weighted by Crippen LogP contribution is 2.26. The maximum atomic E-state index is 13.2. The Morgan fingerprint density at radius 1 is 1.07 bits per heavy atom. The van der Waals surface area contributed by atoms with Crippen LogP contribution in [0.3, 0.4) is 0 Å². The molecule has 0 aliphatic carbocycles. The number of benzene rings is 2. The highest BCUT2D eigenvalue weighted by Gasteiger charge is 2.35. The van der Waals surface area contributed by atoms with E-state index < -0.39 is 5.60 Å². The van der Waals surface area contributed by atoms with Crippen LogP contribution in [-0.2, 0) is 6.54 Å². The zero-order valence-corrected chi connectivity index (χ0v) is 22.9. The lowest BCUT2D eigenvalue weighted by Gasteiger charge is -2.38. The first kappa shape index (κ1) is 26.2. The Morgan fingerprint density at radius 2 is 1.80 bits per heavy atom. The van der Waals surface area contributed by atoms with Crippen LogP contribution in [0.25, 0.3) is 16.7 Å². The van der Waals surface area contributed by atoms with Crippen molar-refractivity contribution in [1.29, 1.82) is 0 Å². The summed E-state index contributed by atoms with van der Waals surface area (Å²) in [5.74, 6) is 0.697. The second-order valence-electron chi connectivity index (χ2n) is 11.1. The molecule has 1 amide bonds. The van der Waals surface area contributed by atoms with Crippen LogP contribution < -0.4 is 10.3 Å². The molecule has 40 heavy (non-hydrogen) atoms. The number of ether oxygens (including phenoxy) is 1. The van der Waals surface area contributed by atoms with Gasteiger partial charge in [-0.3, -0.25) is 14.2 Å². The Hall–Kier alpha value is -4.02. The van der Waals surface area contributed by atoms with Gasteiger partial charge in [0.15, 0.2) is 5.65 Å². The molecule has 0 saturated carbocycles. The van der Waals surface area contributed by atoms with Crippen molar-refractivity contribution in [1.82, 2.24) is 29.1 Å². The predicted octanol–water partition coefficient (Wildman–Crippen LogP) is 2.64. The molecule has 0 radical (unpaired) electrons. The summed E-state index contributed by atoms with van der Waals surface area (Å²) in [6.45, 7) is 4.85. The lowest BCUT2D eigenvalue weighted by Crippen LogP contribution is -2.49. The third-order valence-electron chi connectivity index (χ3n) is 8.03. The number of carbonyl (C=O) groups is 1. The van der Waals surface area contributed by atoms with Gasteiger partial charge < -0.3 is 19.6 Å². The number of fused-ring (bicyclic) bond motifs is 1. The molecule has 2 aliphatic heterocycles. The van der Waals surface area contributed by atoms with Gasteiger partial charge in [-0.15, -0.1) is 0 Å². The molecule has 2 aromatic carbocycles. The Kier molecular flexibility index (Phi) is 6.89. The molecule has 1 unspecified atom stereocenters. The highest BCUT2D eigenvalue weighted by atomic mass is 16.5. The number of likely N-dealkylation sites (N-methyl/N-ethyl adjacent to an activating group) is 1. The Labute approximate surface area is 232 Å². The first-order valence-corrected chi connectivity index (χ1v) is 13.8. The van der Waals surface area contributed by atoms with E-state index in [0.29, 0.717) is 42.5 Å². The summed E-state index contributed by atoms with van der Waals surface area (Å²) < 4.78 is 9.13. The fourth-order valence-electron chi connectivity index (χ4n) is 5.58. The van der Waals surface area contributed by atoms with E-state index in [0.717, 1.165) is 36.5 Å². The molecule has 0 bridgehead atoms. The lowest BCUT2D eigenvalue weighted by molar-refractivity contribution is -0.0299. The van der Waals surface area contributed by atoms with Crippen molar-refractivity contribution < 1.29 is 14.6 Å². The van der Waals surface area contributed by atoms with Gasteiger partial charge in [-0.25, -0.2) is 9.67 Å². The third kappa shape index (κ3) is 5.24. The number of nitrogens with zero attached hydrogens (tertiary/aromatic N) is 6. The minimum Gasteiger partial charge on any atom is -0.489 e. The zero-order chi connectivity index (χ0) is 27.9. The van der Waals surface area contributed by atoms with Crippen LogP contribution in [0.5, 0.6) is 5.75 Å². The standard InChI is InChI=1S/C30H34N6O4/c1-21-3-7-23(8-4-21)36-27-26(17-32-36)29(38)35(20-31-27)19-30(39)12-15-34(16-13-30)28(37)22-5-9-24(10-6-22)40-25-11-14-33(2)18-25/h3-10,17,20,25,39H,11-16,18-19H2,1-2H3. The van der Waals surface area contributed by atoms with Gasteiger partial charge in [0.25, 0.3) is 11.5 Å². The van der Waals surface area contributed by atoms with E-state index >= 15 is 0 Å². The van der Waals surface area contributed by atoms with Crippen LogP contribution in [0.1, 0.15) is 35.2 Å². The maximum Gasteiger partial charge on any atom is 0.264 e. The molecule has 4 heterocycles.